The number of aromatic nitrogens is 1. The molecule has 0 bridgehead atoms. The lowest BCUT2D eigenvalue weighted by Crippen LogP contribution is -2.47. The highest BCUT2D eigenvalue weighted by molar-refractivity contribution is 5.89. The number of likely N-dealkylation sites (N-methyl/N-ethyl adjacent to an activating group) is 1. The average Bonchev–Trinajstić information content (AvgIpc) is 2.19. The second-order valence-corrected chi connectivity index (χ2v) is 4.12. The van der Waals surface area contributed by atoms with E-state index in [0.29, 0.717) is 6.42 Å². The molecule has 0 atom stereocenters. The smallest absolute Gasteiger partial charge is 0.156 e. The fraction of sp³-hybridized carbons (Fsp3) is 0.500. The summed E-state index contributed by atoms with van der Waals surface area (Å²) in [6.45, 7) is 6.62. The van der Waals surface area contributed by atoms with Crippen molar-refractivity contribution in [3.63, 3.8) is 0 Å². The molecular weight excluding hydrogens is 188 g/mol. The molecule has 0 fully saturated rings. The molecule has 1 heterocycles. The van der Waals surface area contributed by atoms with E-state index in [9.17, 15) is 4.79 Å². The molecule has 3 nitrogen and oxygen atoms in total. The van der Waals surface area contributed by atoms with Crippen molar-refractivity contribution < 1.29 is 4.79 Å². The van der Waals surface area contributed by atoms with Crippen LogP contribution in [0.2, 0.25) is 0 Å². The lowest BCUT2D eigenvalue weighted by atomic mass is 9.94. The zero-order chi connectivity index (χ0) is 11.3. The SMILES string of the molecule is CCNC(C)(C)C(=O)Cc1cccnc1. The molecule has 15 heavy (non-hydrogen) atoms. The molecule has 0 amide bonds. The van der Waals surface area contributed by atoms with Crippen LogP contribution in [0.4, 0.5) is 0 Å². The van der Waals surface area contributed by atoms with Crippen LogP contribution in [0, 0.1) is 0 Å². The van der Waals surface area contributed by atoms with Gasteiger partial charge >= 0.3 is 0 Å². The molecule has 0 unspecified atom stereocenters. The van der Waals surface area contributed by atoms with Crippen molar-refractivity contribution in [1.82, 2.24) is 10.3 Å². The van der Waals surface area contributed by atoms with Gasteiger partial charge in [-0.25, -0.2) is 0 Å². The van der Waals surface area contributed by atoms with Crippen LogP contribution in [-0.2, 0) is 11.2 Å². The Morgan fingerprint density at radius 2 is 2.27 bits per heavy atom. The molecule has 0 aromatic carbocycles. The first kappa shape index (κ1) is 11.9. The molecule has 0 aliphatic carbocycles. The van der Waals surface area contributed by atoms with Crippen molar-refractivity contribution >= 4 is 5.78 Å². The third-order valence-corrected chi connectivity index (χ3v) is 2.40. The van der Waals surface area contributed by atoms with Gasteiger partial charge in [-0.05, 0) is 32.0 Å². The van der Waals surface area contributed by atoms with Crippen molar-refractivity contribution in [2.24, 2.45) is 0 Å². The molecule has 0 saturated carbocycles. The maximum atomic E-state index is 11.9. The Morgan fingerprint density at radius 1 is 1.53 bits per heavy atom. The second kappa shape index (κ2) is 5.03. The third-order valence-electron chi connectivity index (χ3n) is 2.40. The van der Waals surface area contributed by atoms with E-state index in [-0.39, 0.29) is 5.78 Å². The number of rotatable bonds is 5. The van der Waals surface area contributed by atoms with Gasteiger partial charge in [0, 0.05) is 18.8 Å². The average molecular weight is 206 g/mol. The van der Waals surface area contributed by atoms with Gasteiger partial charge in [-0.2, -0.15) is 0 Å². The Hall–Kier alpha value is -1.22. The van der Waals surface area contributed by atoms with E-state index in [0.717, 1.165) is 12.1 Å². The van der Waals surface area contributed by atoms with E-state index in [2.05, 4.69) is 10.3 Å². The van der Waals surface area contributed by atoms with Crippen LogP contribution in [0.15, 0.2) is 24.5 Å². The van der Waals surface area contributed by atoms with Crippen molar-refractivity contribution in [2.45, 2.75) is 32.7 Å². The lowest BCUT2D eigenvalue weighted by molar-refractivity contribution is -0.123. The van der Waals surface area contributed by atoms with Gasteiger partial charge in [-0.1, -0.05) is 13.0 Å². The van der Waals surface area contributed by atoms with E-state index in [1.165, 1.54) is 0 Å². The van der Waals surface area contributed by atoms with Crippen LogP contribution < -0.4 is 5.32 Å². The number of carbonyl (C=O) groups excluding carboxylic acids is 1. The number of carbonyl (C=O) groups is 1. The van der Waals surface area contributed by atoms with Gasteiger partial charge < -0.3 is 5.32 Å². The normalized spacial score (nSPS) is 11.4. The minimum absolute atomic E-state index is 0.192. The summed E-state index contributed by atoms with van der Waals surface area (Å²) in [6.07, 6.45) is 3.89. The van der Waals surface area contributed by atoms with Crippen LogP contribution in [-0.4, -0.2) is 22.9 Å². The highest BCUT2D eigenvalue weighted by atomic mass is 16.1. The number of Topliss-reactive ketones (excluding diaryl/α,β-unsaturated/α-hetero) is 1. The molecule has 0 radical (unpaired) electrons. The molecule has 1 aromatic heterocycles. The van der Waals surface area contributed by atoms with Crippen LogP contribution in [0.25, 0.3) is 0 Å². The quantitative estimate of drug-likeness (QED) is 0.795. The molecule has 0 aliphatic heterocycles. The Balaban J connectivity index is 2.63. The number of nitrogens with zero attached hydrogens (tertiary/aromatic N) is 1. The van der Waals surface area contributed by atoms with E-state index < -0.39 is 5.54 Å². The molecule has 1 rings (SSSR count). The van der Waals surface area contributed by atoms with Gasteiger partial charge in [0.1, 0.15) is 0 Å². The van der Waals surface area contributed by atoms with Crippen LogP contribution >= 0.6 is 0 Å². The molecule has 1 aromatic rings. The molecule has 1 N–H and O–H groups in total. The van der Waals surface area contributed by atoms with Gasteiger partial charge in [-0.15, -0.1) is 0 Å². The summed E-state index contributed by atoms with van der Waals surface area (Å²) < 4.78 is 0. The maximum Gasteiger partial charge on any atom is 0.156 e. The van der Waals surface area contributed by atoms with Crippen LogP contribution in [0.1, 0.15) is 26.3 Å². The summed E-state index contributed by atoms with van der Waals surface area (Å²) in [5.74, 6) is 0.192. The summed E-state index contributed by atoms with van der Waals surface area (Å²) >= 11 is 0. The van der Waals surface area contributed by atoms with E-state index in [1.807, 2.05) is 32.9 Å². The summed E-state index contributed by atoms with van der Waals surface area (Å²) in [6, 6.07) is 3.77. The summed E-state index contributed by atoms with van der Waals surface area (Å²) in [7, 11) is 0. The van der Waals surface area contributed by atoms with Crippen molar-refractivity contribution in [3.8, 4) is 0 Å². The molecule has 0 spiro atoms. The molecular formula is C12H18N2O. The molecule has 0 aliphatic rings. The highest BCUT2D eigenvalue weighted by Crippen LogP contribution is 2.08. The fourth-order valence-corrected chi connectivity index (χ4v) is 1.45. The van der Waals surface area contributed by atoms with Gasteiger partial charge in [0.15, 0.2) is 5.78 Å². The standard InChI is InChI=1S/C12H18N2O/c1-4-14-12(2,3)11(15)8-10-6-5-7-13-9-10/h5-7,9,14H,4,8H2,1-3H3. The van der Waals surface area contributed by atoms with Crippen molar-refractivity contribution in [3.05, 3.63) is 30.1 Å². The predicted octanol–water partition coefficient (Wildman–Crippen LogP) is 1.58. The fourth-order valence-electron chi connectivity index (χ4n) is 1.45. The number of hydrogen-bond donors (Lipinski definition) is 1. The summed E-state index contributed by atoms with van der Waals surface area (Å²) in [4.78, 5) is 15.9. The Labute approximate surface area is 90.9 Å². The largest absolute Gasteiger partial charge is 0.306 e. The third kappa shape index (κ3) is 3.44. The number of hydrogen-bond acceptors (Lipinski definition) is 3. The number of ketones is 1. The van der Waals surface area contributed by atoms with E-state index in [4.69, 9.17) is 0 Å². The van der Waals surface area contributed by atoms with E-state index in [1.54, 1.807) is 12.4 Å². The van der Waals surface area contributed by atoms with Crippen LogP contribution in [0.5, 0.6) is 0 Å². The van der Waals surface area contributed by atoms with Gasteiger partial charge in [0.2, 0.25) is 0 Å². The Bertz CT molecular complexity index is 320. The topological polar surface area (TPSA) is 42.0 Å². The first-order valence-corrected chi connectivity index (χ1v) is 5.23. The van der Waals surface area contributed by atoms with E-state index >= 15 is 0 Å². The Kier molecular flexibility index (Phi) is 3.97. The molecule has 3 heteroatoms. The van der Waals surface area contributed by atoms with Crippen molar-refractivity contribution in [1.29, 1.82) is 0 Å². The zero-order valence-electron chi connectivity index (χ0n) is 9.58. The van der Waals surface area contributed by atoms with Gasteiger partial charge in [0.25, 0.3) is 0 Å². The second-order valence-electron chi connectivity index (χ2n) is 4.12. The first-order valence-electron chi connectivity index (χ1n) is 5.23. The number of nitrogens with one attached hydrogen (secondary N) is 1. The van der Waals surface area contributed by atoms with Crippen molar-refractivity contribution in [2.75, 3.05) is 6.54 Å². The summed E-state index contributed by atoms with van der Waals surface area (Å²) in [5.41, 5.74) is 0.512. The van der Waals surface area contributed by atoms with Crippen LogP contribution in [0.3, 0.4) is 0 Å². The van der Waals surface area contributed by atoms with Gasteiger partial charge in [0.05, 0.1) is 5.54 Å². The zero-order valence-corrected chi connectivity index (χ0v) is 9.58. The minimum Gasteiger partial charge on any atom is -0.306 e. The van der Waals surface area contributed by atoms with Gasteiger partial charge in [-0.3, -0.25) is 9.78 Å². The minimum atomic E-state index is -0.454. The molecule has 82 valence electrons. The first-order chi connectivity index (χ1) is 7.06. The maximum absolute atomic E-state index is 11.9. The Morgan fingerprint density at radius 3 is 2.80 bits per heavy atom. The lowest BCUT2D eigenvalue weighted by Gasteiger charge is -2.23. The number of pyridine rings is 1. The molecule has 0 saturated heterocycles. The highest BCUT2D eigenvalue weighted by Gasteiger charge is 2.25. The predicted molar refractivity (Wildman–Crippen MR) is 60.7 cm³/mol. The monoisotopic (exact) mass is 206 g/mol. The summed E-state index contributed by atoms with van der Waals surface area (Å²) in [5, 5.41) is 3.17.